The van der Waals surface area contributed by atoms with Crippen LogP contribution in [0, 0.1) is 5.41 Å². The van der Waals surface area contributed by atoms with Crippen molar-refractivity contribution >= 4 is 29.1 Å². The third kappa shape index (κ3) is 8.91. The fourth-order valence-electron chi connectivity index (χ4n) is 3.67. The summed E-state index contributed by atoms with van der Waals surface area (Å²) in [5.41, 5.74) is 9.31. The van der Waals surface area contributed by atoms with Crippen LogP contribution in [0.25, 0.3) is 0 Å². The Kier molecular flexibility index (Phi) is 10.7. The van der Waals surface area contributed by atoms with Crippen LogP contribution in [0.3, 0.4) is 0 Å². The summed E-state index contributed by atoms with van der Waals surface area (Å²) in [7, 11) is 1.57. The standard InChI is InChI=1S/C29H28N4O3.C2H4O2/c1-35-26-18-22(14-17-25(26)36-19-20-8-4-2-5-9-20)27(29(34)33-23-10-6-3-7-11-23)32-24-15-12-21(13-16-24)28(30)31;1-2(3)4/h2-18,27,32H,19H2,1H3,(H3,30,31)(H,33,34);1H3,(H,3,4). The lowest BCUT2D eigenvalue weighted by molar-refractivity contribution is -0.134. The molecule has 0 aliphatic rings. The quantitative estimate of drug-likeness (QED) is 0.133. The maximum Gasteiger partial charge on any atom is 0.300 e. The maximum atomic E-state index is 13.4. The zero-order chi connectivity index (χ0) is 28.9. The van der Waals surface area contributed by atoms with E-state index in [2.05, 4.69) is 10.6 Å². The minimum Gasteiger partial charge on any atom is -0.493 e. The van der Waals surface area contributed by atoms with Gasteiger partial charge in [-0.3, -0.25) is 15.0 Å². The Labute approximate surface area is 233 Å². The van der Waals surface area contributed by atoms with Gasteiger partial charge in [0.2, 0.25) is 0 Å². The highest BCUT2D eigenvalue weighted by Gasteiger charge is 2.23. The predicted molar refractivity (Wildman–Crippen MR) is 156 cm³/mol. The molecular weight excluding hydrogens is 508 g/mol. The molecule has 1 amide bonds. The minimum atomic E-state index is -0.833. The summed E-state index contributed by atoms with van der Waals surface area (Å²) in [6.45, 7) is 1.48. The molecule has 0 fully saturated rings. The number of ether oxygens (including phenoxy) is 2. The number of benzene rings is 4. The molecule has 0 aliphatic heterocycles. The van der Waals surface area contributed by atoms with Gasteiger partial charge in [0.25, 0.3) is 11.9 Å². The van der Waals surface area contributed by atoms with Crippen molar-refractivity contribution in [3.63, 3.8) is 0 Å². The number of amides is 1. The molecule has 6 N–H and O–H groups in total. The van der Waals surface area contributed by atoms with Crippen LogP contribution in [-0.4, -0.2) is 29.9 Å². The van der Waals surface area contributed by atoms with Crippen molar-refractivity contribution in [3.8, 4) is 11.5 Å². The highest BCUT2D eigenvalue weighted by molar-refractivity contribution is 5.98. The van der Waals surface area contributed by atoms with Gasteiger partial charge in [0.15, 0.2) is 11.5 Å². The summed E-state index contributed by atoms with van der Waals surface area (Å²) in [6, 6.07) is 30.9. The normalized spacial score (nSPS) is 10.8. The number of methoxy groups -OCH3 is 1. The molecular formula is C31H32N4O5. The molecule has 1 atom stereocenters. The van der Waals surface area contributed by atoms with Crippen LogP contribution < -0.4 is 25.8 Å². The molecule has 0 bridgehead atoms. The molecule has 40 heavy (non-hydrogen) atoms. The van der Waals surface area contributed by atoms with Crippen molar-refractivity contribution < 1.29 is 24.2 Å². The van der Waals surface area contributed by atoms with Crippen LogP contribution in [0.15, 0.2) is 103 Å². The largest absolute Gasteiger partial charge is 0.493 e. The molecule has 9 heteroatoms. The number of amidine groups is 1. The number of aliphatic carboxylic acids is 1. The number of rotatable bonds is 10. The molecule has 4 aromatic rings. The summed E-state index contributed by atoms with van der Waals surface area (Å²) >= 11 is 0. The van der Waals surface area contributed by atoms with E-state index in [0.29, 0.717) is 40.6 Å². The summed E-state index contributed by atoms with van der Waals surface area (Å²) in [5, 5.41) is 21.3. The van der Waals surface area contributed by atoms with E-state index in [1.165, 1.54) is 0 Å². The van der Waals surface area contributed by atoms with E-state index in [1.54, 1.807) is 43.5 Å². The number of anilines is 2. The second kappa shape index (κ2) is 14.6. The average molecular weight is 541 g/mol. The van der Waals surface area contributed by atoms with E-state index >= 15 is 0 Å². The molecule has 4 rings (SSSR count). The summed E-state index contributed by atoms with van der Waals surface area (Å²) in [4.78, 5) is 22.4. The van der Waals surface area contributed by atoms with Gasteiger partial charge >= 0.3 is 0 Å². The molecule has 0 aliphatic carbocycles. The van der Waals surface area contributed by atoms with Gasteiger partial charge < -0.3 is 30.9 Å². The maximum absolute atomic E-state index is 13.4. The number of hydrogen-bond donors (Lipinski definition) is 5. The summed E-state index contributed by atoms with van der Waals surface area (Å²) in [5.74, 6) is 0.0143. The highest BCUT2D eigenvalue weighted by atomic mass is 16.5. The zero-order valence-corrected chi connectivity index (χ0v) is 22.3. The lowest BCUT2D eigenvalue weighted by Gasteiger charge is -2.21. The van der Waals surface area contributed by atoms with Crippen molar-refractivity contribution in [2.24, 2.45) is 5.73 Å². The zero-order valence-electron chi connectivity index (χ0n) is 22.3. The number of carbonyl (C=O) groups excluding carboxylic acids is 1. The summed E-state index contributed by atoms with van der Waals surface area (Å²) < 4.78 is 11.6. The highest BCUT2D eigenvalue weighted by Crippen LogP contribution is 2.33. The van der Waals surface area contributed by atoms with Crippen molar-refractivity contribution in [2.75, 3.05) is 17.7 Å². The number of nitrogens with two attached hydrogens (primary N) is 1. The fourth-order valence-corrected chi connectivity index (χ4v) is 3.67. The number of carbonyl (C=O) groups is 2. The van der Waals surface area contributed by atoms with E-state index in [-0.39, 0.29) is 11.7 Å². The van der Waals surface area contributed by atoms with Crippen molar-refractivity contribution in [1.82, 2.24) is 0 Å². The Morgan fingerprint density at radius 2 is 1.48 bits per heavy atom. The van der Waals surface area contributed by atoms with Crippen molar-refractivity contribution in [1.29, 1.82) is 5.41 Å². The molecule has 0 saturated carbocycles. The Morgan fingerprint density at radius 3 is 2.05 bits per heavy atom. The number of carboxylic acids is 1. The molecule has 206 valence electrons. The first-order valence-corrected chi connectivity index (χ1v) is 12.4. The Morgan fingerprint density at radius 1 is 0.875 bits per heavy atom. The van der Waals surface area contributed by atoms with Crippen molar-refractivity contribution in [3.05, 3.63) is 120 Å². The van der Waals surface area contributed by atoms with E-state index < -0.39 is 12.0 Å². The Balaban J connectivity index is 0.00000103. The number of nitrogen functional groups attached to an aromatic ring is 1. The van der Waals surface area contributed by atoms with Gasteiger partial charge in [-0.1, -0.05) is 54.6 Å². The van der Waals surface area contributed by atoms with Crippen LogP contribution in [-0.2, 0) is 16.2 Å². The predicted octanol–water partition coefficient (Wildman–Crippen LogP) is 5.44. The minimum absolute atomic E-state index is 0.0178. The van der Waals surface area contributed by atoms with Gasteiger partial charge in [0, 0.05) is 23.9 Å². The molecule has 4 aromatic carbocycles. The molecule has 9 nitrogen and oxygen atoms in total. The third-order valence-corrected chi connectivity index (χ3v) is 5.57. The van der Waals surface area contributed by atoms with Crippen molar-refractivity contribution in [2.45, 2.75) is 19.6 Å². The fraction of sp³-hybridized carbons (Fsp3) is 0.129. The smallest absolute Gasteiger partial charge is 0.300 e. The molecule has 0 radical (unpaired) electrons. The first-order chi connectivity index (χ1) is 19.3. The van der Waals surface area contributed by atoms with E-state index in [9.17, 15) is 4.79 Å². The van der Waals surface area contributed by atoms with Gasteiger partial charge in [-0.25, -0.2) is 0 Å². The molecule has 0 saturated heterocycles. The molecule has 1 unspecified atom stereocenters. The van der Waals surface area contributed by atoms with E-state index in [1.807, 2.05) is 66.7 Å². The van der Waals surface area contributed by atoms with Gasteiger partial charge in [-0.2, -0.15) is 0 Å². The Hall–Kier alpha value is -5.31. The average Bonchev–Trinajstić information content (AvgIpc) is 2.95. The lowest BCUT2D eigenvalue weighted by atomic mass is 10.0. The van der Waals surface area contributed by atoms with Gasteiger partial charge in [-0.05, 0) is 59.7 Å². The van der Waals surface area contributed by atoms with E-state index in [0.717, 1.165) is 12.5 Å². The van der Waals surface area contributed by atoms with Gasteiger partial charge in [0.05, 0.1) is 7.11 Å². The topological polar surface area (TPSA) is 147 Å². The van der Waals surface area contributed by atoms with Crippen LogP contribution in [0.1, 0.15) is 29.7 Å². The van der Waals surface area contributed by atoms with E-state index in [4.69, 9.17) is 30.5 Å². The molecule has 0 aromatic heterocycles. The first kappa shape index (κ1) is 29.2. The molecule has 0 heterocycles. The second-order valence-electron chi connectivity index (χ2n) is 8.63. The van der Waals surface area contributed by atoms with Crippen LogP contribution >= 0.6 is 0 Å². The van der Waals surface area contributed by atoms with Crippen LogP contribution in [0.2, 0.25) is 0 Å². The number of carboxylic acid groups (broad SMARTS) is 1. The second-order valence-corrected chi connectivity index (χ2v) is 8.63. The Bertz CT molecular complexity index is 1410. The lowest BCUT2D eigenvalue weighted by Crippen LogP contribution is -2.27. The van der Waals surface area contributed by atoms with Gasteiger partial charge in [-0.15, -0.1) is 0 Å². The SMILES string of the molecule is CC(=O)O.COc1cc(C(Nc2ccc(C(=N)N)cc2)C(=O)Nc2ccccc2)ccc1OCc1ccccc1. The van der Waals surface area contributed by atoms with Crippen LogP contribution in [0.5, 0.6) is 11.5 Å². The number of hydrogen-bond acceptors (Lipinski definition) is 6. The van der Waals surface area contributed by atoms with Gasteiger partial charge in [0.1, 0.15) is 18.5 Å². The summed E-state index contributed by atoms with van der Waals surface area (Å²) in [6.07, 6.45) is 0. The third-order valence-electron chi connectivity index (χ3n) is 5.57. The monoisotopic (exact) mass is 540 g/mol. The van der Waals surface area contributed by atoms with Crippen LogP contribution in [0.4, 0.5) is 11.4 Å². The number of nitrogens with one attached hydrogen (secondary N) is 3. The number of para-hydroxylation sites is 1. The first-order valence-electron chi connectivity index (χ1n) is 12.4. The molecule has 0 spiro atoms.